The van der Waals surface area contributed by atoms with E-state index in [1.807, 2.05) is 6.07 Å². The molecule has 2 nitrogen and oxygen atoms in total. The number of benzene rings is 2. The Bertz CT molecular complexity index is 799. The first-order valence-corrected chi connectivity index (χ1v) is 7.75. The van der Waals surface area contributed by atoms with Gasteiger partial charge in [-0.2, -0.15) is 0 Å². The molecule has 0 spiro atoms. The van der Waals surface area contributed by atoms with Gasteiger partial charge in [-0.1, -0.05) is 30.3 Å². The van der Waals surface area contributed by atoms with Crippen LogP contribution in [0.3, 0.4) is 0 Å². The zero-order chi connectivity index (χ0) is 15.1. The molecule has 2 aromatic carbocycles. The fourth-order valence-electron chi connectivity index (χ4n) is 3.65. The number of Topliss-reactive ketones (excluding diaryl/α,β-unsaturated/α-hetero) is 1. The summed E-state index contributed by atoms with van der Waals surface area (Å²) in [5.41, 5.74) is 7.71. The van der Waals surface area contributed by atoms with Crippen LogP contribution >= 0.6 is 0 Å². The van der Waals surface area contributed by atoms with Crippen molar-refractivity contribution in [3.63, 3.8) is 0 Å². The Morgan fingerprint density at radius 3 is 2.55 bits per heavy atom. The molecule has 0 N–H and O–H groups in total. The van der Waals surface area contributed by atoms with E-state index in [9.17, 15) is 4.79 Å². The number of ether oxygens (including phenoxy) is 1. The van der Waals surface area contributed by atoms with Gasteiger partial charge in [0, 0.05) is 12.8 Å². The first-order valence-electron chi connectivity index (χ1n) is 7.75. The number of carbonyl (C=O) groups is 1. The van der Waals surface area contributed by atoms with Crippen molar-refractivity contribution in [1.29, 1.82) is 0 Å². The predicted octanol–water partition coefficient (Wildman–Crippen LogP) is 4.26. The van der Waals surface area contributed by atoms with Crippen molar-refractivity contribution in [2.24, 2.45) is 0 Å². The lowest BCUT2D eigenvalue weighted by Gasteiger charge is -2.20. The average molecular weight is 290 g/mol. The minimum atomic E-state index is 0.340. The lowest BCUT2D eigenvalue weighted by Crippen LogP contribution is -2.08. The number of carbonyl (C=O) groups excluding carboxylic acids is 1. The summed E-state index contributed by atoms with van der Waals surface area (Å²) in [5.74, 6) is 1.20. The number of hydrogen-bond donors (Lipinski definition) is 0. The first-order chi connectivity index (χ1) is 10.8. The molecule has 2 aliphatic rings. The molecule has 0 heterocycles. The number of fused-ring (bicyclic) bond motifs is 4. The standard InChI is InChI=1S/C20H18O2/c1-22-16-8-6-14-10-13-4-2-3-5-17(13)18-9-7-15(21)11-20(18)19(14)12-16/h2-6,8,12H,7,9-11H2,1H3. The second kappa shape index (κ2) is 5.13. The van der Waals surface area contributed by atoms with E-state index in [4.69, 9.17) is 4.74 Å². The van der Waals surface area contributed by atoms with Crippen molar-refractivity contribution < 1.29 is 9.53 Å². The zero-order valence-electron chi connectivity index (χ0n) is 12.7. The quantitative estimate of drug-likeness (QED) is 0.784. The highest BCUT2D eigenvalue weighted by molar-refractivity contribution is 6.05. The van der Waals surface area contributed by atoms with Crippen LogP contribution < -0.4 is 4.74 Å². The molecule has 22 heavy (non-hydrogen) atoms. The molecule has 4 rings (SSSR count). The molecule has 0 aromatic heterocycles. The van der Waals surface area contributed by atoms with Crippen molar-refractivity contribution in [1.82, 2.24) is 0 Å². The van der Waals surface area contributed by atoms with Gasteiger partial charge in [-0.05, 0) is 58.4 Å². The van der Waals surface area contributed by atoms with E-state index in [-0.39, 0.29) is 0 Å². The summed E-state index contributed by atoms with van der Waals surface area (Å²) < 4.78 is 5.40. The van der Waals surface area contributed by atoms with Crippen molar-refractivity contribution in [2.45, 2.75) is 25.7 Å². The molecule has 0 saturated carbocycles. The number of rotatable bonds is 1. The van der Waals surface area contributed by atoms with E-state index in [0.29, 0.717) is 18.6 Å². The highest BCUT2D eigenvalue weighted by Crippen LogP contribution is 2.43. The summed E-state index contributed by atoms with van der Waals surface area (Å²) in [6, 6.07) is 14.8. The van der Waals surface area contributed by atoms with E-state index in [1.54, 1.807) is 7.11 Å². The third-order valence-corrected chi connectivity index (χ3v) is 4.76. The molecule has 0 aliphatic heterocycles. The van der Waals surface area contributed by atoms with Gasteiger partial charge in [-0.3, -0.25) is 4.79 Å². The summed E-state index contributed by atoms with van der Waals surface area (Å²) in [7, 11) is 1.69. The molecule has 0 fully saturated rings. The molecule has 2 heteroatoms. The zero-order valence-corrected chi connectivity index (χ0v) is 12.7. The number of allylic oxidation sites excluding steroid dienone is 2. The molecule has 110 valence electrons. The largest absolute Gasteiger partial charge is 0.497 e. The Balaban J connectivity index is 2.01. The molecule has 0 amide bonds. The van der Waals surface area contributed by atoms with Crippen LogP contribution in [0.4, 0.5) is 0 Å². The predicted molar refractivity (Wildman–Crippen MR) is 87.9 cm³/mol. The fourth-order valence-corrected chi connectivity index (χ4v) is 3.65. The van der Waals surface area contributed by atoms with Crippen LogP contribution in [0, 0.1) is 0 Å². The topological polar surface area (TPSA) is 26.3 Å². The molecule has 0 unspecified atom stereocenters. The van der Waals surface area contributed by atoms with Crippen LogP contribution in [-0.4, -0.2) is 12.9 Å². The van der Waals surface area contributed by atoms with Gasteiger partial charge in [0.2, 0.25) is 0 Å². The molecule has 0 atom stereocenters. The van der Waals surface area contributed by atoms with E-state index in [1.165, 1.54) is 33.4 Å². The van der Waals surface area contributed by atoms with Gasteiger partial charge in [-0.15, -0.1) is 0 Å². The maximum atomic E-state index is 12.0. The fraction of sp³-hybridized carbons (Fsp3) is 0.250. The Hall–Kier alpha value is -2.35. The third kappa shape index (κ3) is 2.07. The second-order valence-corrected chi connectivity index (χ2v) is 6.03. The maximum absolute atomic E-state index is 12.0. The van der Waals surface area contributed by atoms with Crippen molar-refractivity contribution in [3.8, 4) is 5.75 Å². The van der Waals surface area contributed by atoms with Gasteiger partial charge in [0.25, 0.3) is 0 Å². The maximum Gasteiger partial charge on any atom is 0.137 e. The lowest BCUT2D eigenvalue weighted by atomic mass is 9.83. The monoisotopic (exact) mass is 290 g/mol. The lowest BCUT2D eigenvalue weighted by molar-refractivity contribution is -0.118. The van der Waals surface area contributed by atoms with Gasteiger partial charge in [0.15, 0.2) is 0 Å². The highest BCUT2D eigenvalue weighted by atomic mass is 16.5. The molecular formula is C20H18O2. The van der Waals surface area contributed by atoms with Gasteiger partial charge in [0.05, 0.1) is 7.11 Å². The van der Waals surface area contributed by atoms with E-state index in [0.717, 1.165) is 18.6 Å². The van der Waals surface area contributed by atoms with Gasteiger partial charge >= 0.3 is 0 Å². The summed E-state index contributed by atoms with van der Waals surface area (Å²) in [6.45, 7) is 0. The van der Waals surface area contributed by atoms with Crippen molar-refractivity contribution in [3.05, 3.63) is 64.7 Å². The summed E-state index contributed by atoms with van der Waals surface area (Å²) in [4.78, 5) is 12.0. The van der Waals surface area contributed by atoms with Crippen molar-refractivity contribution >= 4 is 16.9 Å². The Kier molecular flexibility index (Phi) is 3.11. The Morgan fingerprint density at radius 1 is 0.864 bits per heavy atom. The first kappa shape index (κ1) is 13.3. The normalized spacial score (nSPS) is 16.5. The third-order valence-electron chi connectivity index (χ3n) is 4.76. The highest BCUT2D eigenvalue weighted by Gasteiger charge is 2.26. The van der Waals surface area contributed by atoms with E-state index in [2.05, 4.69) is 36.4 Å². The van der Waals surface area contributed by atoms with Crippen LogP contribution in [0.15, 0.2) is 42.5 Å². The minimum absolute atomic E-state index is 0.340. The van der Waals surface area contributed by atoms with Gasteiger partial charge < -0.3 is 4.74 Å². The number of ketones is 1. The average Bonchev–Trinajstić information content (AvgIpc) is 2.68. The van der Waals surface area contributed by atoms with Gasteiger partial charge in [-0.25, -0.2) is 0 Å². The smallest absolute Gasteiger partial charge is 0.137 e. The van der Waals surface area contributed by atoms with E-state index >= 15 is 0 Å². The van der Waals surface area contributed by atoms with Crippen molar-refractivity contribution in [2.75, 3.05) is 7.11 Å². The molecular weight excluding hydrogens is 272 g/mol. The molecule has 2 aliphatic carbocycles. The van der Waals surface area contributed by atoms with E-state index < -0.39 is 0 Å². The summed E-state index contributed by atoms with van der Waals surface area (Å²) in [5, 5.41) is 0. The minimum Gasteiger partial charge on any atom is -0.497 e. The van der Waals surface area contributed by atoms with Crippen LogP contribution in [0.5, 0.6) is 5.75 Å². The molecule has 0 bridgehead atoms. The van der Waals surface area contributed by atoms with Gasteiger partial charge in [0.1, 0.15) is 11.5 Å². The van der Waals surface area contributed by atoms with Crippen LogP contribution in [0.1, 0.15) is 41.5 Å². The SMILES string of the molecule is COc1ccc2c(c1)C1=C(CCC(=O)C1)c1ccccc1C2. The molecule has 0 saturated heterocycles. The van der Waals surface area contributed by atoms with Crippen LogP contribution in [-0.2, 0) is 11.2 Å². The molecule has 2 aromatic rings. The Labute approximate surface area is 130 Å². The second-order valence-electron chi connectivity index (χ2n) is 6.03. The van der Waals surface area contributed by atoms with Crippen LogP contribution in [0.25, 0.3) is 11.1 Å². The Morgan fingerprint density at radius 2 is 1.68 bits per heavy atom. The summed E-state index contributed by atoms with van der Waals surface area (Å²) in [6.07, 6.45) is 2.97. The number of hydrogen-bond acceptors (Lipinski definition) is 2. The number of methoxy groups -OCH3 is 1. The van der Waals surface area contributed by atoms with Crippen LogP contribution in [0.2, 0.25) is 0 Å². The molecule has 0 radical (unpaired) electrons. The summed E-state index contributed by atoms with van der Waals surface area (Å²) >= 11 is 0.